The molecule has 1 saturated heterocycles. The van der Waals surface area contributed by atoms with E-state index in [1.54, 1.807) is 24.3 Å². The maximum absolute atomic E-state index is 12.8. The molecule has 0 aromatic heterocycles. The average molecular weight is 411 g/mol. The van der Waals surface area contributed by atoms with Gasteiger partial charge in [-0.05, 0) is 57.4 Å². The molecule has 1 amide bonds. The zero-order valence-corrected chi connectivity index (χ0v) is 18.1. The highest BCUT2D eigenvalue weighted by atomic mass is 32.2. The van der Waals surface area contributed by atoms with Crippen LogP contribution in [0.5, 0.6) is 5.75 Å². The number of carbonyl (C=O) groups excluding carboxylic acids is 1. The number of sulfonamides is 1. The minimum Gasteiger partial charge on any atom is -0.494 e. The third-order valence-corrected chi connectivity index (χ3v) is 7.14. The van der Waals surface area contributed by atoms with Gasteiger partial charge in [-0.2, -0.15) is 4.31 Å². The zero-order valence-electron chi connectivity index (χ0n) is 17.3. The van der Waals surface area contributed by atoms with Gasteiger partial charge in [-0.25, -0.2) is 8.42 Å². The van der Waals surface area contributed by atoms with Gasteiger partial charge in [0, 0.05) is 25.0 Å². The van der Waals surface area contributed by atoms with Crippen molar-refractivity contribution in [3.05, 3.63) is 24.3 Å². The van der Waals surface area contributed by atoms with Gasteiger partial charge < -0.3 is 10.1 Å². The highest BCUT2D eigenvalue weighted by Gasteiger charge is 2.32. The minimum absolute atomic E-state index is 0.0575. The molecule has 1 aromatic rings. The molecule has 0 aliphatic carbocycles. The van der Waals surface area contributed by atoms with Crippen LogP contribution in [0.1, 0.15) is 59.3 Å². The van der Waals surface area contributed by atoms with Crippen LogP contribution in [0.25, 0.3) is 0 Å². The fourth-order valence-electron chi connectivity index (χ4n) is 3.52. The van der Waals surface area contributed by atoms with Crippen LogP contribution >= 0.6 is 0 Å². The Hall–Kier alpha value is -1.60. The molecule has 1 unspecified atom stereocenters. The fraction of sp³-hybridized carbons (Fsp3) is 0.667. The molecule has 1 aliphatic heterocycles. The Morgan fingerprint density at radius 1 is 1.18 bits per heavy atom. The molecule has 0 radical (unpaired) electrons. The molecule has 0 saturated carbocycles. The van der Waals surface area contributed by atoms with Gasteiger partial charge in [0.1, 0.15) is 5.75 Å². The Labute approximate surface area is 169 Å². The van der Waals surface area contributed by atoms with Gasteiger partial charge in [-0.15, -0.1) is 0 Å². The lowest BCUT2D eigenvalue weighted by Gasteiger charge is -2.31. The van der Waals surface area contributed by atoms with E-state index in [4.69, 9.17) is 4.74 Å². The summed E-state index contributed by atoms with van der Waals surface area (Å²) in [7, 11) is -3.53. The van der Waals surface area contributed by atoms with Gasteiger partial charge in [0.25, 0.3) is 0 Å². The molecule has 158 valence electrons. The number of nitrogens with zero attached hydrogens (tertiary/aromatic N) is 1. The molecule has 1 aliphatic rings. The second kappa shape index (κ2) is 10.8. The first kappa shape index (κ1) is 22.7. The maximum Gasteiger partial charge on any atom is 0.243 e. The number of ether oxygens (including phenoxy) is 1. The van der Waals surface area contributed by atoms with E-state index < -0.39 is 10.0 Å². The van der Waals surface area contributed by atoms with Gasteiger partial charge >= 0.3 is 0 Å². The molecule has 28 heavy (non-hydrogen) atoms. The standard InChI is InChI=1S/C21H34N2O4S/c1-4-6-7-8-17(3)22-21(24)18-13-15-23(16-14-18)28(25,26)20-11-9-19(10-12-20)27-5-2/h9-12,17-18H,4-8,13-16H2,1-3H3,(H,22,24). The minimum atomic E-state index is -3.53. The Morgan fingerprint density at radius 3 is 2.39 bits per heavy atom. The van der Waals surface area contributed by atoms with Crippen molar-refractivity contribution in [3.63, 3.8) is 0 Å². The number of piperidine rings is 1. The van der Waals surface area contributed by atoms with Crippen molar-refractivity contribution in [3.8, 4) is 5.75 Å². The maximum atomic E-state index is 12.8. The van der Waals surface area contributed by atoms with Crippen molar-refractivity contribution >= 4 is 15.9 Å². The molecule has 1 atom stereocenters. The second-order valence-electron chi connectivity index (χ2n) is 7.49. The summed E-state index contributed by atoms with van der Waals surface area (Å²) in [5.74, 6) is 0.604. The molecule has 1 N–H and O–H groups in total. The molecule has 1 aromatic carbocycles. The average Bonchev–Trinajstić information content (AvgIpc) is 2.69. The molecule has 0 bridgehead atoms. The van der Waals surface area contributed by atoms with Crippen LogP contribution in [0.15, 0.2) is 29.2 Å². The number of unbranched alkanes of at least 4 members (excludes halogenated alkanes) is 2. The monoisotopic (exact) mass is 410 g/mol. The highest BCUT2D eigenvalue weighted by molar-refractivity contribution is 7.89. The summed E-state index contributed by atoms with van der Waals surface area (Å²) >= 11 is 0. The summed E-state index contributed by atoms with van der Waals surface area (Å²) in [6, 6.07) is 6.69. The third kappa shape index (κ3) is 6.21. The van der Waals surface area contributed by atoms with Gasteiger partial charge in [0.2, 0.25) is 15.9 Å². The quantitative estimate of drug-likeness (QED) is 0.598. The summed E-state index contributed by atoms with van der Waals surface area (Å²) in [5, 5.41) is 3.09. The molecule has 1 heterocycles. The first-order chi connectivity index (χ1) is 13.4. The van der Waals surface area contributed by atoms with Crippen molar-refractivity contribution in [2.45, 2.75) is 70.2 Å². The molecule has 6 nitrogen and oxygen atoms in total. The van der Waals surface area contributed by atoms with Gasteiger partial charge in [-0.3, -0.25) is 4.79 Å². The van der Waals surface area contributed by atoms with Crippen molar-refractivity contribution in [1.29, 1.82) is 0 Å². The lowest BCUT2D eigenvalue weighted by molar-refractivity contribution is -0.126. The summed E-state index contributed by atoms with van der Waals surface area (Å²) in [6.07, 6.45) is 5.58. The molecular formula is C21H34N2O4S. The Kier molecular flexibility index (Phi) is 8.76. The number of nitrogens with one attached hydrogen (secondary N) is 1. The van der Waals surface area contributed by atoms with Crippen LogP contribution in [0.3, 0.4) is 0 Å². The number of amides is 1. The van der Waals surface area contributed by atoms with E-state index >= 15 is 0 Å². The summed E-state index contributed by atoms with van der Waals surface area (Å²) in [4.78, 5) is 12.7. The van der Waals surface area contributed by atoms with E-state index in [9.17, 15) is 13.2 Å². The number of hydrogen-bond donors (Lipinski definition) is 1. The first-order valence-electron chi connectivity index (χ1n) is 10.4. The van der Waals surface area contributed by atoms with Crippen molar-refractivity contribution in [1.82, 2.24) is 9.62 Å². The number of benzene rings is 1. The zero-order chi connectivity index (χ0) is 20.6. The number of carbonyl (C=O) groups is 1. The van der Waals surface area contributed by atoms with E-state index in [-0.39, 0.29) is 22.8 Å². The summed E-state index contributed by atoms with van der Waals surface area (Å²) < 4.78 is 32.5. The SMILES string of the molecule is CCCCCC(C)NC(=O)C1CCN(S(=O)(=O)c2ccc(OCC)cc2)CC1. The smallest absolute Gasteiger partial charge is 0.243 e. The largest absolute Gasteiger partial charge is 0.494 e. The number of rotatable bonds is 10. The van der Waals surface area contributed by atoms with Crippen LogP contribution < -0.4 is 10.1 Å². The van der Waals surface area contributed by atoms with Crippen LogP contribution in [-0.2, 0) is 14.8 Å². The van der Waals surface area contributed by atoms with Crippen LogP contribution in [-0.4, -0.2) is 44.4 Å². The molecular weight excluding hydrogens is 376 g/mol. The van der Waals surface area contributed by atoms with Crippen LogP contribution in [0, 0.1) is 5.92 Å². The molecule has 0 spiro atoms. The molecule has 2 rings (SSSR count). The molecule has 1 fully saturated rings. The first-order valence-corrected chi connectivity index (χ1v) is 11.9. The predicted octanol–water partition coefficient (Wildman–Crippen LogP) is 3.57. The topological polar surface area (TPSA) is 75.7 Å². The van der Waals surface area contributed by atoms with E-state index in [1.165, 1.54) is 17.1 Å². The third-order valence-electron chi connectivity index (χ3n) is 5.23. The molecule has 7 heteroatoms. The summed E-state index contributed by atoms with van der Waals surface area (Å²) in [5.41, 5.74) is 0. The fourth-order valence-corrected chi connectivity index (χ4v) is 4.99. The van der Waals surface area contributed by atoms with Crippen LogP contribution in [0.2, 0.25) is 0 Å². The van der Waals surface area contributed by atoms with Crippen LogP contribution in [0.4, 0.5) is 0 Å². The van der Waals surface area contributed by atoms with E-state index in [0.717, 1.165) is 12.8 Å². The Balaban J connectivity index is 1.87. The van der Waals surface area contributed by atoms with E-state index in [2.05, 4.69) is 12.2 Å². The van der Waals surface area contributed by atoms with E-state index in [1.807, 2.05) is 13.8 Å². The van der Waals surface area contributed by atoms with Crippen molar-refractivity contribution < 1.29 is 17.9 Å². The van der Waals surface area contributed by atoms with Gasteiger partial charge in [0.15, 0.2) is 0 Å². The van der Waals surface area contributed by atoms with Crippen molar-refractivity contribution in [2.24, 2.45) is 5.92 Å². The Bertz CT molecular complexity index is 710. The normalized spacial score (nSPS) is 17.2. The lowest BCUT2D eigenvalue weighted by Crippen LogP contribution is -2.44. The summed E-state index contributed by atoms with van der Waals surface area (Å²) in [6.45, 7) is 7.38. The van der Waals surface area contributed by atoms with Crippen molar-refractivity contribution in [2.75, 3.05) is 19.7 Å². The second-order valence-corrected chi connectivity index (χ2v) is 9.43. The van der Waals surface area contributed by atoms with Gasteiger partial charge in [-0.1, -0.05) is 26.2 Å². The Morgan fingerprint density at radius 2 is 1.82 bits per heavy atom. The van der Waals surface area contributed by atoms with Gasteiger partial charge in [0.05, 0.1) is 11.5 Å². The highest BCUT2D eigenvalue weighted by Crippen LogP contribution is 2.25. The predicted molar refractivity (Wildman–Crippen MR) is 111 cm³/mol. The lowest BCUT2D eigenvalue weighted by atomic mass is 9.96. The van der Waals surface area contributed by atoms with E-state index in [0.29, 0.717) is 38.3 Å². The number of hydrogen-bond acceptors (Lipinski definition) is 4.